The zero-order chi connectivity index (χ0) is 17.2. The van der Waals surface area contributed by atoms with E-state index in [0.29, 0.717) is 12.1 Å². The molecule has 1 aliphatic rings. The first-order chi connectivity index (χ1) is 12.2. The Hall–Kier alpha value is -2.72. The summed E-state index contributed by atoms with van der Waals surface area (Å²) in [7, 11) is 0. The van der Waals surface area contributed by atoms with Gasteiger partial charge in [-0.05, 0) is 52.6 Å². The van der Waals surface area contributed by atoms with Gasteiger partial charge in [0.05, 0.1) is 5.56 Å². The van der Waals surface area contributed by atoms with Crippen LogP contribution in [0.15, 0.2) is 54.6 Å². The lowest BCUT2D eigenvalue weighted by Gasteiger charge is -2.20. The van der Waals surface area contributed by atoms with Crippen molar-refractivity contribution in [1.29, 1.82) is 0 Å². The molecule has 3 aromatic carbocycles. The summed E-state index contributed by atoms with van der Waals surface area (Å²) < 4.78 is 13.9. The second-order valence-electron chi connectivity index (χ2n) is 6.34. The lowest BCUT2D eigenvalue weighted by Crippen LogP contribution is -2.27. The highest BCUT2D eigenvalue weighted by atomic mass is 19.1. The molecule has 0 saturated carbocycles. The average Bonchev–Trinajstić information content (AvgIpc) is 2.65. The molecule has 4 rings (SSSR count). The quantitative estimate of drug-likeness (QED) is 0.769. The summed E-state index contributed by atoms with van der Waals surface area (Å²) in [6, 6.07) is 16.3. The molecule has 0 unspecified atom stereocenters. The van der Waals surface area contributed by atoms with Gasteiger partial charge in [0.2, 0.25) is 0 Å². The smallest absolute Gasteiger partial charge is 0.252 e. The Morgan fingerprint density at radius 2 is 2.00 bits per heavy atom. The monoisotopic (exact) mass is 334 g/mol. The summed E-state index contributed by atoms with van der Waals surface area (Å²) in [5.74, 6) is -0.644. The van der Waals surface area contributed by atoms with Crippen LogP contribution in [0.2, 0.25) is 0 Å². The molecule has 0 radical (unpaired) electrons. The largest absolute Gasteiger partial charge is 0.348 e. The van der Waals surface area contributed by atoms with Crippen molar-refractivity contribution in [2.75, 3.05) is 6.54 Å². The van der Waals surface area contributed by atoms with Crippen LogP contribution in [0, 0.1) is 5.82 Å². The molecule has 0 spiro atoms. The maximum Gasteiger partial charge on any atom is 0.252 e. The van der Waals surface area contributed by atoms with E-state index in [-0.39, 0.29) is 5.91 Å². The van der Waals surface area contributed by atoms with E-state index >= 15 is 0 Å². The van der Waals surface area contributed by atoms with Crippen molar-refractivity contribution in [2.45, 2.75) is 19.5 Å². The van der Waals surface area contributed by atoms with Crippen molar-refractivity contribution in [2.24, 2.45) is 0 Å². The third kappa shape index (κ3) is 3.13. The maximum atomic E-state index is 13.9. The summed E-state index contributed by atoms with van der Waals surface area (Å²) in [6.45, 7) is 2.27. The van der Waals surface area contributed by atoms with E-state index < -0.39 is 5.82 Å². The number of nitrogens with one attached hydrogen (secondary N) is 2. The van der Waals surface area contributed by atoms with Gasteiger partial charge in [0.15, 0.2) is 0 Å². The van der Waals surface area contributed by atoms with Crippen molar-refractivity contribution in [3.63, 3.8) is 0 Å². The first kappa shape index (κ1) is 15.8. The average molecular weight is 334 g/mol. The molecule has 2 N–H and O–H groups in total. The summed E-state index contributed by atoms with van der Waals surface area (Å²) in [6.07, 6.45) is 0.963. The van der Waals surface area contributed by atoms with Crippen LogP contribution in [0.3, 0.4) is 0 Å². The Labute approximate surface area is 145 Å². The number of carbonyl (C=O) groups is 1. The fraction of sp³-hybridized carbons (Fsp3) is 0.190. The normalized spacial score (nSPS) is 13.5. The van der Waals surface area contributed by atoms with Gasteiger partial charge in [-0.25, -0.2) is 4.39 Å². The Balaban J connectivity index is 1.60. The van der Waals surface area contributed by atoms with Crippen molar-refractivity contribution in [3.8, 4) is 0 Å². The van der Waals surface area contributed by atoms with Gasteiger partial charge in [0.25, 0.3) is 5.91 Å². The summed E-state index contributed by atoms with van der Waals surface area (Å²) in [5, 5.41) is 7.81. The van der Waals surface area contributed by atoms with Crippen LogP contribution < -0.4 is 10.6 Å². The second kappa shape index (κ2) is 6.65. The predicted molar refractivity (Wildman–Crippen MR) is 96.9 cm³/mol. The summed E-state index contributed by atoms with van der Waals surface area (Å²) >= 11 is 0. The molecule has 1 aliphatic heterocycles. The van der Waals surface area contributed by atoms with Crippen molar-refractivity contribution in [3.05, 3.63) is 82.7 Å². The molecule has 0 aromatic heterocycles. The molecule has 126 valence electrons. The topological polar surface area (TPSA) is 41.1 Å². The van der Waals surface area contributed by atoms with Gasteiger partial charge in [-0.15, -0.1) is 0 Å². The van der Waals surface area contributed by atoms with Crippen LogP contribution in [0.4, 0.5) is 4.39 Å². The van der Waals surface area contributed by atoms with E-state index in [2.05, 4.69) is 16.7 Å². The first-order valence-corrected chi connectivity index (χ1v) is 8.49. The van der Waals surface area contributed by atoms with Crippen molar-refractivity contribution in [1.82, 2.24) is 10.6 Å². The van der Waals surface area contributed by atoms with Gasteiger partial charge in [-0.1, -0.05) is 42.5 Å². The fourth-order valence-electron chi connectivity index (χ4n) is 3.51. The van der Waals surface area contributed by atoms with E-state index in [4.69, 9.17) is 0 Å². The minimum absolute atomic E-state index is 0.248. The molecule has 0 fully saturated rings. The van der Waals surface area contributed by atoms with E-state index in [1.165, 1.54) is 23.3 Å². The molecular weight excluding hydrogens is 315 g/mol. The summed E-state index contributed by atoms with van der Waals surface area (Å²) in [5.41, 5.74) is 4.11. The Morgan fingerprint density at radius 1 is 1.12 bits per heavy atom. The lowest BCUT2D eigenvalue weighted by molar-refractivity contribution is 0.0952. The molecule has 25 heavy (non-hydrogen) atoms. The molecule has 1 amide bonds. The van der Waals surface area contributed by atoms with Crippen LogP contribution in [-0.4, -0.2) is 12.5 Å². The lowest BCUT2D eigenvalue weighted by atomic mass is 9.95. The van der Waals surface area contributed by atoms with Gasteiger partial charge < -0.3 is 10.6 Å². The van der Waals surface area contributed by atoms with E-state index in [1.807, 2.05) is 36.4 Å². The van der Waals surface area contributed by atoms with E-state index in [9.17, 15) is 9.18 Å². The van der Waals surface area contributed by atoms with Crippen LogP contribution in [0.1, 0.15) is 27.0 Å². The predicted octanol–water partition coefficient (Wildman–Crippen LogP) is 3.55. The van der Waals surface area contributed by atoms with Crippen LogP contribution in [-0.2, 0) is 19.5 Å². The standard InChI is InChI=1S/C21H19FN2O/c22-17-10-14-4-1-2-7-19(14)20(11-17)21(25)24-13-16-6-3-5-15-12-23-9-8-18(15)16/h1-7,10-11,23H,8-9,12-13H2,(H,24,25). The van der Waals surface area contributed by atoms with Crippen molar-refractivity contribution >= 4 is 16.7 Å². The summed E-state index contributed by atoms with van der Waals surface area (Å²) in [4.78, 5) is 12.7. The Kier molecular flexibility index (Phi) is 4.20. The molecule has 0 atom stereocenters. The second-order valence-corrected chi connectivity index (χ2v) is 6.34. The van der Waals surface area contributed by atoms with E-state index in [1.54, 1.807) is 0 Å². The Morgan fingerprint density at radius 3 is 2.92 bits per heavy atom. The number of fused-ring (bicyclic) bond motifs is 2. The number of hydrogen-bond donors (Lipinski definition) is 2. The molecule has 0 bridgehead atoms. The van der Waals surface area contributed by atoms with Crippen molar-refractivity contribution < 1.29 is 9.18 Å². The van der Waals surface area contributed by atoms with E-state index in [0.717, 1.165) is 35.8 Å². The highest BCUT2D eigenvalue weighted by Crippen LogP contribution is 2.22. The molecule has 1 heterocycles. The minimum atomic E-state index is -0.396. The number of halogens is 1. The Bertz CT molecular complexity index is 952. The van der Waals surface area contributed by atoms with Gasteiger partial charge in [-0.3, -0.25) is 4.79 Å². The van der Waals surface area contributed by atoms with Gasteiger partial charge in [0.1, 0.15) is 5.82 Å². The number of hydrogen-bond acceptors (Lipinski definition) is 2. The number of rotatable bonds is 3. The molecule has 3 aromatic rings. The van der Waals surface area contributed by atoms with Gasteiger partial charge in [-0.2, -0.15) is 0 Å². The third-order valence-electron chi connectivity index (χ3n) is 4.75. The SMILES string of the molecule is O=C(NCc1cccc2c1CCNC2)c1cc(F)cc2ccccc12. The van der Waals surface area contributed by atoms with Crippen LogP contribution in [0.5, 0.6) is 0 Å². The zero-order valence-electron chi connectivity index (χ0n) is 13.8. The molecule has 4 heteroatoms. The third-order valence-corrected chi connectivity index (χ3v) is 4.75. The fourth-order valence-corrected chi connectivity index (χ4v) is 3.51. The van der Waals surface area contributed by atoms with Crippen LogP contribution >= 0.6 is 0 Å². The maximum absolute atomic E-state index is 13.9. The number of carbonyl (C=O) groups excluding carboxylic acids is 1. The zero-order valence-corrected chi connectivity index (χ0v) is 13.8. The van der Waals surface area contributed by atoms with Gasteiger partial charge >= 0.3 is 0 Å². The molecular formula is C21H19FN2O. The van der Waals surface area contributed by atoms with Gasteiger partial charge in [0, 0.05) is 13.1 Å². The first-order valence-electron chi connectivity index (χ1n) is 8.49. The molecule has 0 aliphatic carbocycles. The highest BCUT2D eigenvalue weighted by Gasteiger charge is 2.15. The highest BCUT2D eigenvalue weighted by molar-refractivity contribution is 6.07. The molecule has 3 nitrogen and oxygen atoms in total. The number of amides is 1. The molecule has 0 saturated heterocycles. The van der Waals surface area contributed by atoms with Crippen LogP contribution in [0.25, 0.3) is 10.8 Å². The number of benzene rings is 3. The minimum Gasteiger partial charge on any atom is -0.348 e.